The standard InChI is InChI=1S/C20H25FN4O2/c1-24(2)15-11-9-14(10-12-15)18(25(3)4)13-22-19(26)20(27)23-17-8-6-5-7-16(17)21/h5-12,18H,13H2,1-4H3,(H,22,26)(H,23,27)/t18-/m0/s1. The van der Waals surface area contributed by atoms with E-state index in [1.54, 1.807) is 6.07 Å². The van der Waals surface area contributed by atoms with E-state index in [0.717, 1.165) is 11.3 Å². The van der Waals surface area contributed by atoms with Crippen molar-refractivity contribution in [1.29, 1.82) is 0 Å². The molecule has 2 rings (SSSR count). The van der Waals surface area contributed by atoms with Gasteiger partial charge in [-0.3, -0.25) is 9.59 Å². The van der Waals surface area contributed by atoms with E-state index in [9.17, 15) is 14.0 Å². The molecule has 0 heterocycles. The van der Waals surface area contributed by atoms with Gasteiger partial charge in [0.15, 0.2) is 0 Å². The molecule has 2 N–H and O–H groups in total. The van der Waals surface area contributed by atoms with Crippen molar-refractivity contribution in [1.82, 2.24) is 10.2 Å². The maximum atomic E-state index is 13.6. The highest BCUT2D eigenvalue weighted by Crippen LogP contribution is 2.21. The summed E-state index contributed by atoms with van der Waals surface area (Å²) < 4.78 is 13.6. The molecule has 0 radical (unpaired) electrons. The summed E-state index contributed by atoms with van der Waals surface area (Å²) in [7, 11) is 7.73. The molecule has 0 aliphatic carbocycles. The molecule has 0 aromatic heterocycles. The van der Waals surface area contributed by atoms with E-state index in [-0.39, 0.29) is 18.3 Å². The molecule has 0 spiro atoms. The quantitative estimate of drug-likeness (QED) is 0.764. The molecule has 0 saturated heterocycles. The Labute approximate surface area is 159 Å². The van der Waals surface area contributed by atoms with Crippen LogP contribution in [0.15, 0.2) is 48.5 Å². The van der Waals surface area contributed by atoms with Gasteiger partial charge >= 0.3 is 11.8 Å². The predicted molar refractivity (Wildman–Crippen MR) is 105 cm³/mol. The van der Waals surface area contributed by atoms with Crippen molar-refractivity contribution in [3.63, 3.8) is 0 Å². The average Bonchev–Trinajstić information content (AvgIpc) is 2.63. The van der Waals surface area contributed by atoms with Gasteiger partial charge in [-0.25, -0.2) is 4.39 Å². The number of benzene rings is 2. The summed E-state index contributed by atoms with van der Waals surface area (Å²) in [6.45, 7) is 0.248. The van der Waals surface area contributed by atoms with Crippen molar-refractivity contribution in [3.05, 3.63) is 59.9 Å². The molecule has 1 atom stereocenters. The fraction of sp³-hybridized carbons (Fsp3) is 0.300. The smallest absolute Gasteiger partial charge is 0.313 e. The minimum Gasteiger partial charge on any atom is -0.378 e. The third-order valence-electron chi connectivity index (χ3n) is 4.20. The van der Waals surface area contributed by atoms with Gasteiger partial charge in [-0.05, 0) is 43.9 Å². The first-order valence-electron chi connectivity index (χ1n) is 8.57. The van der Waals surface area contributed by atoms with Gasteiger partial charge in [0.1, 0.15) is 5.82 Å². The zero-order chi connectivity index (χ0) is 20.0. The number of carbonyl (C=O) groups excluding carboxylic acids is 2. The Balaban J connectivity index is 1.99. The second-order valence-corrected chi connectivity index (χ2v) is 6.61. The average molecular weight is 372 g/mol. The van der Waals surface area contributed by atoms with Crippen molar-refractivity contribution in [2.45, 2.75) is 6.04 Å². The minimum absolute atomic E-state index is 0.0268. The third kappa shape index (κ3) is 5.52. The van der Waals surface area contributed by atoms with Gasteiger partial charge in [0.2, 0.25) is 0 Å². The van der Waals surface area contributed by atoms with E-state index in [1.807, 2.05) is 62.3 Å². The zero-order valence-electron chi connectivity index (χ0n) is 16.0. The number of anilines is 2. The molecule has 6 nitrogen and oxygen atoms in total. The maximum Gasteiger partial charge on any atom is 0.313 e. The van der Waals surface area contributed by atoms with Gasteiger partial charge < -0.3 is 20.4 Å². The molecule has 144 valence electrons. The molecule has 0 aliphatic heterocycles. The summed E-state index contributed by atoms with van der Waals surface area (Å²) in [5.41, 5.74) is 2.06. The lowest BCUT2D eigenvalue weighted by atomic mass is 10.1. The van der Waals surface area contributed by atoms with Crippen LogP contribution < -0.4 is 15.5 Å². The van der Waals surface area contributed by atoms with Gasteiger partial charge in [0, 0.05) is 26.3 Å². The van der Waals surface area contributed by atoms with Crippen LogP contribution in [-0.2, 0) is 9.59 Å². The highest BCUT2D eigenvalue weighted by atomic mass is 19.1. The van der Waals surface area contributed by atoms with Crippen LogP contribution in [0.25, 0.3) is 0 Å². The topological polar surface area (TPSA) is 64.7 Å². The number of likely N-dealkylation sites (N-methyl/N-ethyl adjacent to an activating group) is 1. The fourth-order valence-corrected chi connectivity index (χ4v) is 2.60. The summed E-state index contributed by atoms with van der Waals surface area (Å²) >= 11 is 0. The number of halogens is 1. The molecular formula is C20H25FN4O2. The van der Waals surface area contributed by atoms with E-state index in [1.165, 1.54) is 18.2 Å². The van der Waals surface area contributed by atoms with Crippen molar-refractivity contribution in [2.75, 3.05) is 45.0 Å². The van der Waals surface area contributed by atoms with Crippen molar-refractivity contribution < 1.29 is 14.0 Å². The number of nitrogens with zero attached hydrogens (tertiary/aromatic N) is 2. The van der Waals surface area contributed by atoms with Crippen LogP contribution in [-0.4, -0.2) is 51.4 Å². The molecule has 0 aliphatic rings. The molecule has 0 saturated carbocycles. The molecule has 27 heavy (non-hydrogen) atoms. The van der Waals surface area contributed by atoms with E-state index in [4.69, 9.17) is 0 Å². The van der Waals surface area contributed by atoms with E-state index < -0.39 is 17.6 Å². The summed E-state index contributed by atoms with van der Waals surface area (Å²) in [5.74, 6) is -2.30. The highest BCUT2D eigenvalue weighted by Gasteiger charge is 2.19. The monoisotopic (exact) mass is 372 g/mol. The number of hydrogen-bond acceptors (Lipinski definition) is 4. The molecular weight excluding hydrogens is 347 g/mol. The number of amides is 2. The molecule has 0 bridgehead atoms. The summed E-state index contributed by atoms with van der Waals surface area (Å²) in [4.78, 5) is 28.0. The second-order valence-electron chi connectivity index (χ2n) is 6.61. The fourth-order valence-electron chi connectivity index (χ4n) is 2.60. The number of para-hydroxylation sites is 1. The van der Waals surface area contributed by atoms with E-state index in [2.05, 4.69) is 10.6 Å². The Morgan fingerprint density at radius 3 is 2.15 bits per heavy atom. The third-order valence-corrected chi connectivity index (χ3v) is 4.20. The van der Waals surface area contributed by atoms with Gasteiger partial charge in [-0.2, -0.15) is 0 Å². The van der Waals surface area contributed by atoms with E-state index in [0.29, 0.717) is 0 Å². The molecule has 2 amide bonds. The predicted octanol–water partition coefficient (Wildman–Crippen LogP) is 2.25. The normalized spacial score (nSPS) is 11.8. The van der Waals surface area contributed by atoms with Crippen LogP contribution in [0.4, 0.5) is 15.8 Å². The summed E-state index contributed by atoms with van der Waals surface area (Å²) in [6, 6.07) is 13.6. The number of hydrogen-bond donors (Lipinski definition) is 2. The lowest BCUT2D eigenvalue weighted by molar-refractivity contribution is -0.136. The first-order chi connectivity index (χ1) is 12.8. The van der Waals surface area contributed by atoms with Gasteiger partial charge in [-0.1, -0.05) is 24.3 Å². The van der Waals surface area contributed by atoms with Crippen LogP contribution in [0.5, 0.6) is 0 Å². The SMILES string of the molecule is CN(C)c1ccc([C@H](CNC(=O)C(=O)Nc2ccccc2F)N(C)C)cc1. The van der Waals surface area contributed by atoms with Crippen molar-refractivity contribution in [3.8, 4) is 0 Å². The van der Waals surface area contributed by atoms with E-state index >= 15 is 0 Å². The van der Waals surface area contributed by atoms with Gasteiger partial charge in [-0.15, -0.1) is 0 Å². The van der Waals surface area contributed by atoms with Crippen molar-refractivity contribution in [2.24, 2.45) is 0 Å². The lowest BCUT2D eigenvalue weighted by Crippen LogP contribution is -2.40. The summed E-state index contributed by atoms with van der Waals surface area (Å²) in [5, 5.41) is 4.89. The van der Waals surface area contributed by atoms with Crippen LogP contribution in [0.2, 0.25) is 0 Å². The number of nitrogens with one attached hydrogen (secondary N) is 2. The Bertz CT molecular complexity index is 791. The highest BCUT2D eigenvalue weighted by molar-refractivity contribution is 6.39. The lowest BCUT2D eigenvalue weighted by Gasteiger charge is -2.25. The molecule has 2 aromatic rings. The molecule has 7 heteroatoms. The molecule has 2 aromatic carbocycles. The van der Waals surface area contributed by atoms with Crippen LogP contribution in [0.3, 0.4) is 0 Å². The van der Waals surface area contributed by atoms with Gasteiger partial charge in [0.05, 0.1) is 11.7 Å². The Hall–Kier alpha value is -2.93. The number of carbonyl (C=O) groups is 2. The maximum absolute atomic E-state index is 13.6. The van der Waals surface area contributed by atoms with Crippen LogP contribution in [0.1, 0.15) is 11.6 Å². The first kappa shape index (κ1) is 20.4. The summed E-state index contributed by atoms with van der Waals surface area (Å²) in [6.07, 6.45) is 0. The largest absolute Gasteiger partial charge is 0.378 e. The molecule has 0 unspecified atom stereocenters. The molecule has 0 fully saturated rings. The Kier molecular flexibility index (Phi) is 6.90. The zero-order valence-corrected chi connectivity index (χ0v) is 16.0. The first-order valence-corrected chi connectivity index (χ1v) is 8.57. The number of rotatable bonds is 6. The Morgan fingerprint density at radius 2 is 1.59 bits per heavy atom. The Morgan fingerprint density at radius 1 is 0.963 bits per heavy atom. The second kappa shape index (κ2) is 9.14. The van der Waals surface area contributed by atoms with Crippen LogP contribution in [0, 0.1) is 5.82 Å². The minimum atomic E-state index is -0.902. The van der Waals surface area contributed by atoms with Crippen molar-refractivity contribution >= 4 is 23.2 Å². The van der Waals surface area contributed by atoms with Gasteiger partial charge in [0.25, 0.3) is 0 Å². The van der Waals surface area contributed by atoms with Crippen LogP contribution >= 0.6 is 0 Å².